The second-order valence-electron chi connectivity index (χ2n) is 5.08. The molecule has 2 nitrogen and oxygen atoms in total. The van der Waals surface area contributed by atoms with Crippen molar-refractivity contribution in [2.24, 2.45) is 5.16 Å². The van der Waals surface area contributed by atoms with Gasteiger partial charge in [-0.3, -0.25) is 0 Å². The molecule has 0 fully saturated rings. The van der Waals surface area contributed by atoms with Crippen molar-refractivity contribution in [3.8, 4) is 0 Å². The number of allylic oxidation sites excluding steroid dienone is 2. The Hall–Kier alpha value is -2.61. The molecule has 2 aromatic rings. The molecule has 2 heteroatoms. The standard InChI is InChI=1S/C19H17NO/c21-20-19(13-10-15-6-2-1-3-7-15)18-12-11-16-8-4-5-9-17(16)14-18/h1-4,6-8,10-14,21H,5,9H2/b13-10+,20-19-. The Morgan fingerprint density at radius 2 is 1.95 bits per heavy atom. The van der Waals surface area contributed by atoms with E-state index in [4.69, 9.17) is 0 Å². The van der Waals surface area contributed by atoms with E-state index in [2.05, 4.69) is 29.4 Å². The first-order valence-electron chi connectivity index (χ1n) is 7.12. The van der Waals surface area contributed by atoms with Gasteiger partial charge in [0.1, 0.15) is 5.71 Å². The van der Waals surface area contributed by atoms with Crippen LogP contribution in [0.4, 0.5) is 0 Å². The van der Waals surface area contributed by atoms with Crippen molar-refractivity contribution in [1.29, 1.82) is 0 Å². The van der Waals surface area contributed by atoms with E-state index in [0.29, 0.717) is 5.71 Å². The molecule has 21 heavy (non-hydrogen) atoms. The molecule has 0 amide bonds. The lowest BCUT2D eigenvalue weighted by atomic mass is 9.94. The smallest absolute Gasteiger partial charge is 0.109 e. The van der Waals surface area contributed by atoms with Gasteiger partial charge in [0.05, 0.1) is 0 Å². The molecule has 3 rings (SSSR count). The highest BCUT2D eigenvalue weighted by molar-refractivity contribution is 6.10. The minimum atomic E-state index is 0.580. The Bertz CT molecular complexity index is 712. The third kappa shape index (κ3) is 3.11. The molecule has 0 saturated heterocycles. The second-order valence-corrected chi connectivity index (χ2v) is 5.08. The van der Waals surface area contributed by atoms with Crippen LogP contribution in [0.15, 0.2) is 65.8 Å². The fraction of sp³-hybridized carbons (Fsp3) is 0.105. The van der Waals surface area contributed by atoms with Crippen molar-refractivity contribution in [3.63, 3.8) is 0 Å². The summed E-state index contributed by atoms with van der Waals surface area (Å²) in [6, 6.07) is 16.2. The largest absolute Gasteiger partial charge is 0.410 e. The van der Waals surface area contributed by atoms with Gasteiger partial charge in [0.2, 0.25) is 0 Å². The van der Waals surface area contributed by atoms with Gasteiger partial charge in [0.25, 0.3) is 0 Å². The van der Waals surface area contributed by atoms with Gasteiger partial charge in [-0.25, -0.2) is 0 Å². The Morgan fingerprint density at radius 3 is 2.76 bits per heavy atom. The molecule has 2 aromatic carbocycles. The monoisotopic (exact) mass is 275 g/mol. The predicted octanol–water partition coefficient (Wildman–Crippen LogP) is 4.54. The zero-order valence-corrected chi connectivity index (χ0v) is 11.7. The van der Waals surface area contributed by atoms with Crippen molar-refractivity contribution in [1.82, 2.24) is 0 Å². The summed E-state index contributed by atoms with van der Waals surface area (Å²) in [6.45, 7) is 0. The van der Waals surface area contributed by atoms with Crippen LogP contribution in [0.3, 0.4) is 0 Å². The second kappa shape index (κ2) is 6.23. The number of aryl methyl sites for hydroxylation is 1. The molecule has 1 N–H and O–H groups in total. The number of rotatable bonds is 3. The SMILES string of the molecule is O/N=C(/C=C/c1ccccc1)c1ccc2c(c1)CCC=C2. The number of hydrogen-bond acceptors (Lipinski definition) is 2. The fourth-order valence-corrected chi connectivity index (χ4v) is 2.52. The molecular formula is C19H17NO. The highest BCUT2D eigenvalue weighted by atomic mass is 16.4. The van der Waals surface area contributed by atoms with Gasteiger partial charge in [-0.1, -0.05) is 65.8 Å². The Balaban J connectivity index is 1.87. The van der Waals surface area contributed by atoms with E-state index in [-0.39, 0.29) is 0 Å². The summed E-state index contributed by atoms with van der Waals surface area (Å²) >= 11 is 0. The van der Waals surface area contributed by atoms with Gasteiger partial charge in [-0.05, 0) is 41.7 Å². The van der Waals surface area contributed by atoms with Crippen LogP contribution in [0.5, 0.6) is 0 Å². The molecule has 0 saturated carbocycles. The molecule has 0 aliphatic heterocycles. The highest BCUT2D eigenvalue weighted by Gasteiger charge is 2.08. The van der Waals surface area contributed by atoms with Crippen molar-refractivity contribution < 1.29 is 5.21 Å². The first-order chi connectivity index (χ1) is 10.4. The first kappa shape index (κ1) is 13.4. The number of nitrogens with zero attached hydrogens (tertiary/aromatic N) is 1. The summed E-state index contributed by atoms with van der Waals surface area (Å²) in [5.41, 5.74) is 5.17. The van der Waals surface area contributed by atoms with E-state index >= 15 is 0 Å². The lowest BCUT2D eigenvalue weighted by molar-refractivity contribution is 0.320. The summed E-state index contributed by atoms with van der Waals surface area (Å²) in [7, 11) is 0. The van der Waals surface area contributed by atoms with E-state index in [1.165, 1.54) is 11.1 Å². The van der Waals surface area contributed by atoms with E-state index in [0.717, 1.165) is 24.0 Å². The van der Waals surface area contributed by atoms with Crippen molar-refractivity contribution in [2.75, 3.05) is 0 Å². The maximum absolute atomic E-state index is 9.28. The Morgan fingerprint density at radius 1 is 1.10 bits per heavy atom. The van der Waals surface area contributed by atoms with E-state index in [9.17, 15) is 5.21 Å². The van der Waals surface area contributed by atoms with Crippen molar-refractivity contribution >= 4 is 17.9 Å². The molecule has 0 spiro atoms. The van der Waals surface area contributed by atoms with E-state index in [1.807, 2.05) is 48.6 Å². The topological polar surface area (TPSA) is 32.6 Å². The number of hydrogen-bond donors (Lipinski definition) is 1. The molecule has 0 aromatic heterocycles. The molecule has 0 unspecified atom stereocenters. The van der Waals surface area contributed by atoms with Crippen LogP contribution in [0.2, 0.25) is 0 Å². The van der Waals surface area contributed by atoms with Crippen LogP contribution >= 0.6 is 0 Å². The van der Waals surface area contributed by atoms with Gasteiger partial charge in [-0.15, -0.1) is 0 Å². The molecule has 1 aliphatic rings. The molecule has 0 radical (unpaired) electrons. The van der Waals surface area contributed by atoms with Crippen LogP contribution in [-0.2, 0) is 6.42 Å². The number of oxime groups is 1. The fourth-order valence-electron chi connectivity index (χ4n) is 2.52. The van der Waals surface area contributed by atoms with Crippen molar-refractivity contribution in [2.45, 2.75) is 12.8 Å². The predicted molar refractivity (Wildman–Crippen MR) is 87.6 cm³/mol. The average molecular weight is 275 g/mol. The minimum Gasteiger partial charge on any atom is -0.410 e. The quantitative estimate of drug-likeness (QED) is 0.498. The van der Waals surface area contributed by atoms with Crippen molar-refractivity contribution in [3.05, 3.63) is 82.9 Å². The maximum atomic E-state index is 9.28. The van der Waals surface area contributed by atoms with Crippen LogP contribution in [-0.4, -0.2) is 10.9 Å². The van der Waals surface area contributed by atoms with E-state index in [1.54, 1.807) is 0 Å². The van der Waals surface area contributed by atoms with Gasteiger partial charge in [0.15, 0.2) is 0 Å². The zero-order chi connectivity index (χ0) is 14.5. The molecule has 0 atom stereocenters. The molecular weight excluding hydrogens is 258 g/mol. The first-order valence-corrected chi connectivity index (χ1v) is 7.12. The lowest BCUT2D eigenvalue weighted by Gasteiger charge is -2.11. The summed E-state index contributed by atoms with van der Waals surface area (Å²) in [5.74, 6) is 0. The minimum absolute atomic E-state index is 0.580. The van der Waals surface area contributed by atoms with Gasteiger partial charge in [-0.2, -0.15) is 0 Å². The highest BCUT2D eigenvalue weighted by Crippen LogP contribution is 2.21. The van der Waals surface area contributed by atoms with Gasteiger partial charge in [0, 0.05) is 5.56 Å². The number of fused-ring (bicyclic) bond motifs is 1. The van der Waals surface area contributed by atoms with Crippen LogP contribution in [0.1, 0.15) is 28.7 Å². The summed E-state index contributed by atoms with van der Waals surface area (Å²) in [6.07, 6.45) is 10.3. The summed E-state index contributed by atoms with van der Waals surface area (Å²) in [5, 5.41) is 12.7. The average Bonchev–Trinajstić information content (AvgIpc) is 2.56. The Labute approximate surface area is 124 Å². The summed E-state index contributed by atoms with van der Waals surface area (Å²) in [4.78, 5) is 0. The van der Waals surface area contributed by atoms with Crippen LogP contribution < -0.4 is 0 Å². The van der Waals surface area contributed by atoms with Crippen LogP contribution in [0.25, 0.3) is 12.2 Å². The van der Waals surface area contributed by atoms with E-state index < -0.39 is 0 Å². The maximum Gasteiger partial charge on any atom is 0.109 e. The molecule has 1 aliphatic carbocycles. The normalized spacial score (nSPS) is 14.4. The molecule has 0 bridgehead atoms. The van der Waals surface area contributed by atoms with Gasteiger partial charge >= 0.3 is 0 Å². The third-order valence-corrected chi connectivity index (χ3v) is 3.66. The molecule has 104 valence electrons. The molecule has 0 heterocycles. The third-order valence-electron chi connectivity index (χ3n) is 3.66. The zero-order valence-electron chi connectivity index (χ0n) is 11.7. The lowest BCUT2D eigenvalue weighted by Crippen LogP contribution is -2.01. The Kier molecular flexibility index (Phi) is 3.97. The van der Waals surface area contributed by atoms with Crippen LogP contribution in [0, 0.1) is 0 Å². The van der Waals surface area contributed by atoms with Gasteiger partial charge < -0.3 is 5.21 Å². The number of benzene rings is 2. The summed E-state index contributed by atoms with van der Waals surface area (Å²) < 4.78 is 0.